The standard InChI is InChI=1S/C16H22N6O2/c1-10-7-11(2)22(21-10)9-12-8-14(20-19-12)16(24)18-13-5-3-4-6-17-15(13)23/h7-8,13H,3-6,9H2,1-2H3,(H,17,23)(H,18,24)(H,19,20)/t13-/m0/s1. The minimum absolute atomic E-state index is 0.126. The summed E-state index contributed by atoms with van der Waals surface area (Å²) in [5.74, 6) is -0.466. The first-order valence-corrected chi connectivity index (χ1v) is 8.17. The molecule has 8 heteroatoms. The van der Waals surface area contributed by atoms with Crippen LogP contribution in [0.25, 0.3) is 0 Å². The fourth-order valence-corrected chi connectivity index (χ4v) is 2.86. The first-order valence-electron chi connectivity index (χ1n) is 8.17. The van der Waals surface area contributed by atoms with E-state index in [1.807, 2.05) is 24.6 Å². The van der Waals surface area contributed by atoms with Gasteiger partial charge in [-0.3, -0.25) is 19.4 Å². The van der Waals surface area contributed by atoms with E-state index in [1.165, 1.54) is 0 Å². The smallest absolute Gasteiger partial charge is 0.272 e. The number of hydrogen-bond donors (Lipinski definition) is 3. The molecule has 1 aliphatic rings. The Hall–Kier alpha value is -2.64. The van der Waals surface area contributed by atoms with Crippen molar-refractivity contribution in [1.29, 1.82) is 0 Å². The quantitative estimate of drug-likeness (QED) is 0.766. The van der Waals surface area contributed by atoms with Crippen molar-refractivity contribution in [3.63, 3.8) is 0 Å². The number of carbonyl (C=O) groups is 2. The van der Waals surface area contributed by atoms with Crippen LogP contribution in [0.5, 0.6) is 0 Å². The summed E-state index contributed by atoms with van der Waals surface area (Å²) >= 11 is 0. The van der Waals surface area contributed by atoms with Gasteiger partial charge in [-0.25, -0.2) is 0 Å². The molecule has 1 saturated heterocycles. The first kappa shape index (κ1) is 16.2. The Morgan fingerprint density at radius 3 is 2.96 bits per heavy atom. The van der Waals surface area contributed by atoms with Gasteiger partial charge < -0.3 is 10.6 Å². The van der Waals surface area contributed by atoms with Gasteiger partial charge >= 0.3 is 0 Å². The van der Waals surface area contributed by atoms with Crippen LogP contribution in [0.1, 0.15) is 46.8 Å². The molecule has 3 heterocycles. The summed E-state index contributed by atoms with van der Waals surface area (Å²) in [6.45, 7) is 5.10. The summed E-state index contributed by atoms with van der Waals surface area (Å²) in [6, 6.07) is 3.20. The zero-order valence-electron chi connectivity index (χ0n) is 13.9. The van der Waals surface area contributed by atoms with Crippen LogP contribution in [0.15, 0.2) is 12.1 Å². The van der Waals surface area contributed by atoms with Crippen LogP contribution in [0.4, 0.5) is 0 Å². The molecule has 0 unspecified atom stereocenters. The summed E-state index contributed by atoms with van der Waals surface area (Å²) in [4.78, 5) is 24.2. The maximum Gasteiger partial charge on any atom is 0.272 e. The highest BCUT2D eigenvalue weighted by molar-refractivity contribution is 5.96. The second-order valence-corrected chi connectivity index (χ2v) is 6.18. The highest BCUT2D eigenvalue weighted by atomic mass is 16.2. The monoisotopic (exact) mass is 330 g/mol. The maximum absolute atomic E-state index is 12.3. The number of nitrogens with zero attached hydrogens (tertiary/aromatic N) is 3. The molecule has 8 nitrogen and oxygen atoms in total. The van der Waals surface area contributed by atoms with E-state index in [-0.39, 0.29) is 17.5 Å². The Kier molecular flexibility index (Phi) is 4.64. The Bertz CT molecular complexity index is 748. The van der Waals surface area contributed by atoms with E-state index in [9.17, 15) is 9.59 Å². The Morgan fingerprint density at radius 1 is 1.38 bits per heavy atom. The number of amides is 2. The summed E-state index contributed by atoms with van der Waals surface area (Å²) < 4.78 is 1.85. The Balaban J connectivity index is 1.65. The lowest BCUT2D eigenvalue weighted by atomic mass is 10.1. The Morgan fingerprint density at radius 2 is 2.21 bits per heavy atom. The van der Waals surface area contributed by atoms with Gasteiger partial charge in [-0.2, -0.15) is 10.2 Å². The van der Waals surface area contributed by atoms with Crippen LogP contribution in [0.3, 0.4) is 0 Å². The van der Waals surface area contributed by atoms with E-state index in [1.54, 1.807) is 6.07 Å². The molecule has 2 aromatic heterocycles. The van der Waals surface area contributed by atoms with E-state index in [0.717, 1.165) is 29.9 Å². The van der Waals surface area contributed by atoms with Gasteiger partial charge in [0.05, 0.1) is 17.9 Å². The minimum atomic E-state index is -0.490. The molecule has 0 aliphatic carbocycles. The molecule has 2 amide bonds. The van der Waals surface area contributed by atoms with E-state index < -0.39 is 6.04 Å². The van der Waals surface area contributed by atoms with Crippen molar-refractivity contribution in [3.05, 3.63) is 34.9 Å². The van der Waals surface area contributed by atoms with Crippen molar-refractivity contribution in [2.24, 2.45) is 0 Å². The van der Waals surface area contributed by atoms with Crippen LogP contribution in [-0.4, -0.2) is 44.4 Å². The van der Waals surface area contributed by atoms with E-state index >= 15 is 0 Å². The summed E-state index contributed by atoms with van der Waals surface area (Å²) in [5.41, 5.74) is 3.06. The van der Waals surface area contributed by atoms with Crippen molar-refractivity contribution in [2.75, 3.05) is 6.54 Å². The van der Waals surface area contributed by atoms with Crippen molar-refractivity contribution in [1.82, 2.24) is 30.6 Å². The number of nitrogens with one attached hydrogen (secondary N) is 3. The molecule has 0 bridgehead atoms. The molecule has 3 N–H and O–H groups in total. The number of aryl methyl sites for hydroxylation is 2. The summed E-state index contributed by atoms with van der Waals surface area (Å²) in [6.07, 6.45) is 2.50. The topological polar surface area (TPSA) is 105 Å². The van der Waals surface area contributed by atoms with Gasteiger partial charge in [0.2, 0.25) is 5.91 Å². The lowest BCUT2D eigenvalue weighted by molar-refractivity contribution is -0.122. The third kappa shape index (κ3) is 3.64. The van der Waals surface area contributed by atoms with Gasteiger partial charge in [0.1, 0.15) is 11.7 Å². The number of rotatable bonds is 4. The van der Waals surface area contributed by atoms with Crippen molar-refractivity contribution < 1.29 is 9.59 Å². The van der Waals surface area contributed by atoms with Gasteiger partial charge in [-0.1, -0.05) is 0 Å². The molecule has 1 atom stereocenters. The normalized spacial score (nSPS) is 18.1. The molecular formula is C16H22N6O2. The largest absolute Gasteiger partial charge is 0.354 e. The Labute approximate surface area is 140 Å². The van der Waals surface area contributed by atoms with Gasteiger partial charge in [0.25, 0.3) is 5.91 Å². The first-order chi connectivity index (χ1) is 11.5. The molecular weight excluding hydrogens is 308 g/mol. The molecule has 128 valence electrons. The van der Waals surface area contributed by atoms with E-state index in [0.29, 0.717) is 19.5 Å². The average molecular weight is 330 g/mol. The van der Waals surface area contributed by atoms with E-state index in [2.05, 4.69) is 25.9 Å². The van der Waals surface area contributed by atoms with Crippen LogP contribution in [-0.2, 0) is 11.3 Å². The molecule has 24 heavy (non-hydrogen) atoms. The third-order valence-corrected chi connectivity index (χ3v) is 4.13. The fraction of sp³-hybridized carbons (Fsp3) is 0.500. The number of aromatic amines is 1. The molecule has 0 spiro atoms. The molecule has 1 aliphatic heterocycles. The molecule has 0 aromatic carbocycles. The van der Waals surface area contributed by atoms with Crippen LogP contribution >= 0.6 is 0 Å². The van der Waals surface area contributed by atoms with Crippen molar-refractivity contribution >= 4 is 11.8 Å². The zero-order valence-corrected chi connectivity index (χ0v) is 13.9. The van der Waals surface area contributed by atoms with E-state index in [4.69, 9.17) is 0 Å². The molecule has 2 aromatic rings. The lowest BCUT2D eigenvalue weighted by Gasteiger charge is -2.13. The van der Waals surface area contributed by atoms with Crippen molar-refractivity contribution in [2.45, 2.75) is 45.7 Å². The second kappa shape index (κ2) is 6.86. The number of H-pyrrole nitrogens is 1. The lowest BCUT2D eigenvalue weighted by Crippen LogP contribution is -2.45. The third-order valence-electron chi connectivity index (χ3n) is 4.13. The number of carbonyl (C=O) groups excluding carboxylic acids is 2. The summed E-state index contributed by atoms with van der Waals surface area (Å²) in [7, 11) is 0. The van der Waals surface area contributed by atoms with Crippen molar-refractivity contribution in [3.8, 4) is 0 Å². The molecule has 1 fully saturated rings. The molecule has 0 radical (unpaired) electrons. The van der Waals surface area contributed by atoms with Gasteiger partial charge in [-0.05, 0) is 45.2 Å². The number of aromatic nitrogens is 4. The van der Waals surface area contributed by atoms with Crippen LogP contribution < -0.4 is 10.6 Å². The van der Waals surface area contributed by atoms with Gasteiger partial charge in [0, 0.05) is 12.2 Å². The fourth-order valence-electron chi connectivity index (χ4n) is 2.86. The van der Waals surface area contributed by atoms with Gasteiger partial charge in [0.15, 0.2) is 0 Å². The molecule has 0 saturated carbocycles. The summed E-state index contributed by atoms with van der Waals surface area (Å²) in [5, 5.41) is 16.9. The van der Waals surface area contributed by atoms with Crippen LogP contribution in [0, 0.1) is 13.8 Å². The van der Waals surface area contributed by atoms with Gasteiger partial charge in [-0.15, -0.1) is 0 Å². The average Bonchev–Trinajstić information content (AvgIpc) is 3.06. The maximum atomic E-state index is 12.3. The minimum Gasteiger partial charge on any atom is -0.354 e. The second-order valence-electron chi connectivity index (χ2n) is 6.18. The SMILES string of the molecule is Cc1cc(C)n(Cc2cc(C(=O)N[C@H]3CCCCNC3=O)n[nH]2)n1. The zero-order chi connectivity index (χ0) is 17.1. The predicted molar refractivity (Wildman–Crippen MR) is 87.5 cm³/mol. The number of hydrogen-bond acceptors (Lipinski definition) is 4. The molecule has 3 rings (SSSR count). The highest BCUT2D eigenvalue weighted by Gasteiger charge is 2.23. The van der Waals surface area contributed by atoms with Crippen LogP contribution in [0.2, 0.25) is 0 Å². The predicted octanol–water partition coefficient (Wildman–Crippen LogP) is 0.670. The highest BCUT2D eigenvalue weighted by Crippen LogP contribution is 2.09.